The number of aromatic carboxylic acids is 1. The van der Waals surface area contributed by atoms with Gasteiger partial charge < -0.3 is 14.6 Å². The van der Waals surface area contributed by atoms with Gasteiger partial charge in [-0.25, -0.2) is 9.78 Å². The van der Waals surface area contributed by atoms with Crippen LogP contribution in [0.4, 0.5) is 0 Å². The summed E-state index contributed by atoms with van der Waals surface area (Å²) in [5.41, 5.74) is 0.457. The first-order valence-electron chi connectivity index (χ1n) is 4.34. The van der Waals surface area contributed by atoms with Gasteiger partial charge in [-0.2, -0.15) is 4.98 Å². The quantitative estimate of drug-likeness (QED) is 0.716. The second-order valence-corrected chi connectivity index (χ2v) is 2.80. The maximum atomic E-state index is 10.7. The van der Waals surface area contributed by atoms with Crippen LogP contribution in [0.25, 0.3) is 0 Å². The second-order valence-electron chi connectivity index (χ2n) is 2.80. The molecule has 0 aliphatic carbocycles. The van der Waals surface area contributed by atoms with Crippen LogP contribution in [0, 0.1) is 6.92 Å². The number of aryl methyl sites for hydroxylation is 1. The molecule has 1 rings (SSSR count). The van der Waals surface area contributed by atoms with Crippen LogP contribution in [0.3, 0.4) is 0 Å². The summed E-state index contributed by atoms with van der Waals surface area (Å²) < 4.78 is 9.90. The lowest BCUT2D eigenvalue weighted by Crippen LogP contribution is -2.09. The molecule has 1 N–H and O–H groups in total. The van der Waals surface area contributed by atoms with E-state index in [1.165, 1.54) is 6.20 Å². The third-order valence-corrected chi connectivity index (χ3v) is 1.71. The average Bonchev–Trinajstić information content (AvgIpc) is 2.17. The van der Waals surface area contributed by atoms with Crippen molar-refractivity contribution in [3.8, 4) is 6.01 Å². The Kier molecular flexibility index (Phi) is 3.99. The van der Waals surface area contributed by atoms with Gasteiger partial charge in [0.25, 0.3) is 0 Å². The van der Waals surface area contributed by atoms with Gasteiger partial charge in [0.2, 0.25) is 0 Å². The molecule has 0 bridgehead atoms. The molecule has 0 amide bonds. The number of aromatic nitrogens is 2. The summed E-state index contributed by atoms with van der Waals surface area (Å²) in [6, 6.07) is 0.162. The van der Waals surface area contributed by atoms with Gasteiger partial charge >= 0.3 is 12.0 Å². The van der Waals surface area contributed by atoms with E-state index in [1.807, 2.05) is 0 Å². The molecule has 1 heterocycles. The molecule has 1 aromatic rings. The number of ether oxygens (including phenoxy) is 2. The topological polar surface area (TPSA) is 81.5 Å². The van der Waals surface area contributed by atoms with E-state index < -0.39 is 5.97 Å². The van der Waals surface area contributed by atoms with E-state index in [1.54, 1.807) is 14.0 Å². The maximum absolute atomic E-state index is 10.7. The molecule has 0 atom stereocenters. The molecule has 15 heavy (non-hydrogen) atoms. The largest absolute Gasteiger partial charge is 0.478 e. The zero-order valence-electron chi connectivity index (χ0n) is 8.56. The molecular formula is C9H12N2O4. The van der Waals surface area contributed by atoms with Crippen molar-refractivity contribution in [1.29, 1.82) is 0 Å². The maximum Gasteiger partial charge on any atom is 0.339 e. The molecule has 0 spiro atoms. The van der Waals surface area contributed by atoms with Crippen LogP contribution in [0.1, 0.15) is 16.1 Å². The van der Waals surface area contributed by atoms with E-state index in [4.69, 9.17) is 14.6 Å². The lowest BCUT2D eigenvalue weighted by molar-refractivity contribution is 0.0694. The number of hydrogen-bond acceptors (Lipinski definition) is 5. The monoisotopic (exact) mass is 212 g/mol. The molecule has 0 fully saturated rings. The number of nitrogens with zero attached hydrogens (tertiary/aromatic N) is 2. The Morgan fingerprint density at radius 1 is 1.53 bits per heavy atom. The summed E-state index contributed by atoms with van der Waals surface area (Å²) in [6.07, 6.45) is 1.23. The Bertz CT molecular complexity index is 354. The number of methoxy groups -OCH3 is 1. The Morgan fingerprint density at radius 3 is 2.80 bits per heavy atom. The highest BCUT2D eigenvalue weighted by molar-refractivity contribution is 5.88. The van der Waals surface area contributed by atoms with Crippen molar-refractivity contribution in [3.05, 3.63) is 17.5 Å². The van der Waals surface area contributed by atoms with E-state index in [9.17, 15) is 4.79 Å². The van der Waals surface area contributed by atoms with Gasteiger partial charge in [-0.05, 0) is 6.92 Å². The molecule has 0 aliphatic rings. The summed E-state index contributed by atoms with van der Waals surface area (Å²) in [6.45, 7) is 2.36. The molecule has 0 saturated heterocycles. The van der Waals surface area contributed by atoms with Crippen molar-refractivity contribution in [1.82, 2.24) is 9.97 Å². The molecule has 0 saturated carbocycles. The van der Waals surface area contributed by atoms with E-state index in [0.29, 0.717) is 18.9 Å². The van der Waals surface area contributed by atoms with Gasteiger partial charge in [0.05, 0.1) is 17.9 Å². The van der Waals surface area contributed by atoms with Crippen molar-refractivity contribution in [2.75, 3.05) is 20.3 Å². The Morgan fingerprint density at radius 2 is 2.27 bits per heavy atom. The smallest absolute Gasteiger partial charge is 0.339 e. The van der Waals surface area contributed by atoms with E-state index in [-0.39, 0.29) is 11.6 Å². The number of rotatable bonds is 5. The molecule has 0 aromatic carbocycles. The van der Waals surface area contributed by atoms with Crippen molar-refractivity contribution >= 4 is 5.97 Å². The number of carbonyl (C=O) groups is 1. The molecule has 0 unspecified atom stereocenters. The van der Waals surface area contributed by atoms with Gasteiger partial charge in [-0.3, -0.25) is 0 Å². The van der Waals surface area contributed by atoms with Gasteiger partial charge in [0.1, 0.15) is 6.61 Å². The fourth-order valence-electron chi connectivity index (χ4n) is 0.942. The zero-order chi connectivity index (χ0) is 11.3. The highest BCUT2D eigenvalue weighted by Gasteiger charge is 2.10. The first kappa shape index (κ1) is 11.4. The summed E-state index contributed by atoms with van der Waals surface area (Å²) >= 11 is 0. The van der Waals surface area contributed by atoms with Crippen LogP contribution in [0.15, 0.2) is 6.20 Å². The summed E-state index contributed by atoms with van der Waals surface area (Å²) in [5, 5.41) is 8.73. The Balaban J connectivity index is 2.69. The van der Waals surface area contributed by atoms with E-state index >= 15 is 0 Å². The third-order valence-electron chi connectivity index (χ3n) is 1.71. The van der Waals surface area contributed by atoms with Gasteiger partial charge in [0.15, 0.2) is 0 Å². The number of carboxylic acid groups (broad SMARTS) is 1. The summed E-state index contributed by atoms with van der Waals surface area (Å²) in [4.78, 5) is 18.3. The highest BCUT2D eigenvalue weighted by atomic mass is 16.5. The van der Waals surface area contributed by atoms with Crippen LogP contribution in [-0.2, 0) is 4.74 Å². The average molecular weight is 212 g/mol. The molecule has 1 aromatic heterocycles. The molecule has 82 valence electrons. The Labute approximate surface area is 86.9 Å². The molecule has 0 aliphatic heterocycles. The first-order valence-corrected chi connectivity index (χ1v) is 4.34. The standard InChI is InChI=1S/C9H12N2O4/c1-6-7(8(12)13)5-10-9(11-6)15-4-3-14-2/h5H,3-4H2,1-2H3,(H,12,13). The van der Waals surface area contributed by atoms with Crippen molar-refractivity contribution in [3.63, 3.8) is 0 Å². The SMILES string of the molecule is COCCOc1ncc(C(=O)O)c(C)n1. The number of carboxylic acids is 1. The fraction of sp³-hybridized carbons (Fsp3) is 0.444. The first-order chi connectivity index (χ1) is 7.15. The van der Waals surface area contributed by atoms with Crippen molar-refractivity contribution in [2.45, 2.75) is 6.92 Å². The fourth-order valence-corrected chi connectivity index (χ4v) is 0.942. The van der Waals surface area contributed by atoms with Gasteiger partial charge in [-0.15, -0.1) is 0 Å². The number of hydrogen-bond donors (Lipinski definition) is 1. The minimum atomic E-state index is -1.05. The minimum Gasteiger partial charge on any atom is -0.478 e. The van der Waals surface area contributed by atoms with Crippen molar-refractivity contribution < 1.29 is 19.4 Å². The summed E-state index contributed by atoms with van der Waals surface area (Å²) in [7, 11) is 1.56. The summed E-state index contributed by atoms with van der Waals surface area (Å²) in [5.74, 6) is -1.05. The lowest BCUT2D eigenvalue weighted by atomic mass is 10.2. The Hall–Kier alpha value is -1.69. The highest BCUT2D eigenvalue weighted by Crippen LogP contribution is 2.08. The third kappa shape index (κ3) is 3.17. The van der Waals surface area contributed by atoms with Crippen molar-refractivity contribution in [2.24, 2.45) is 0 Å². The molecule has 6 heteroatoms. The molecule has 6 nitrogen and oxygen atoms in total. The van der Waals surface area contributed by atoms with Crippen LogP contribution in [0.5, 0.6) is 6.01 Å². The minimum absolute atomic E-state index is 0.0779. The second kappa shape index (κ2) is 5.26. The molecule has 0 radical (unpaired) electrons. The van der Waals surface area contributed by atoms with Crippen LogP contribution in [0.2, 0.25) is 0 Å². The van der Waals surface area contributed by atoms with Crippen LogP contribution < -0.4 is 4.74 Å². The predicted octanol–water partition coefficient (Wildman–Crippen LogP) is 0.508. The van der Waals surface area contributed by atoms with Crippen LogP contribution >= 0.6 is 0 Å². The van der Waals surface area contributed by atoms with E-state index in [0.717, 1.165) is 0 Å². The molecular weight excluding hydrogens is 200 g/mol. The zero-order valence-corrected chi connectivity index (χ0v) is 8.56. The normalized spacial score (nSPS) is 10.0. The predicted molar refractivity (Wildman–Crippen MR) is 51.1 cm³/mol. The van der Waals surface area contributed by atoms with E-state index in [2.05, 4.69) is 9.97 Å². The van der Waals surface area contributed by atoms with Gasteiger partial charge in [0, 0.05) is 13.3 Å². The lowest BCUT2D eigenvalue weighted by Gasteiger charge is -2.05. The van der Waals surface area contributed by atoms with Gasteiger partial charge in [-0.1, -0.05) is 0 Å². The van der Waals surface area contributed by atoms with Crippen LogP contribution in [-0.4, -0.2) is 41.4 Å².